The monoisotopic (exact) mass is 608 g/mol. The minimum Gasteiger partial charge on any atom is -0.427 e. The molecule has 5 amide bonds. The fourth-order valence-corrected chi connectivity index (χ4v) is 5.12. The number of benzene rings is 2. The van der Waals surface area contributed by atoms with Gasteiger partial charge < -0.3 is 25.4 Å². The van der Waals surface area contributed by atoms with Crippen LogP contribution in [0.2, 0.25) is 0 Å². The Labute approximate surface area is 245 Å². The van der Waals surface area contributed by atoms with Crippen LogP contribution in [0.25, 0.3) is 0 Å². The van der Waals surface area contributed by atoms with Crippen molar-refractivity contribution in [3.63, 3.8) is 0 Å². The summed E-state index contributed by atoms with van der Waals surface area (Å²) in [5, 5.41) is 14.8. The Morgan fingerprint density at radius 3 is 2.40 bits per heavy atom. The van der Waals surface area contributed by atoms with Gasteiger partial charge in [0.1, 0.15) is 18.4 Å². The van der Waals surface area contributed by atoms with Crippen molar-refractivity contribution in [2.75, 3.05) is 18.5 Å². The van der Waals surface area contributed by atoms with Gasteiger partial charge in [0.15, 0.2) is 0 Å². The first-order chi connectivity index (χ1) is 20.2. The molecule has 1 spiro atoms. The van der Waals surface area contributed by atoms with Crippen molar-refractivity contribution in [2.24, 2.45) is 5.92 Å². The number of aliphatic hydroxyl groups excluding tert-OH is 1. The first kappa shape index (κ1) is 31.7. The number of imide groups is 1. The van der Waals surface area contributed by atoms with E-state index in [9.17, 15) is 41.8 Å². The second kappa shape index (κ2) is 12.2. The maximum absolute atomic E-state index is 13.7. The largest absolute Gasteiger partial charge is 0.427 e. The van der Waals surface area contributed by atoms with Crippen molar-refractivity contribution in [3.05, 3.63) is 65.0 Å². The highest BCUT2D eigenvalue weighted by atomic mass is 19.4. The number of amides is 5. The van der Waals surface area contributed by atoms with E-state index in [1.54, 1.807) is 6.07 Å². The second-order valence-electron chi connectivity index (χ2n) is 11.0. The molecule has 0 unspecified atom stereocenters. The number of anilines is 1. The van der Waals surface area contributed by atoms with Crippen molar-refractivity contribution in [1.29, 1.82) is 0 Å². The van der Waals surface area contributed by atoms with Crippen molar-refractivity contribution in [2.45, 2.75) is 64.0 Å². The number of aryl methyl sites for hydroxylation is 1. The summed E-state index contributed by atoms with van der Waals surface area (Å²) in [6.07, 6.45) is -5.67. The van der Waals surface area contributed by atoms with Gasteiger partial charge in [-0.05, 0) is 54.7 Å². The molecule has 0 radical (unpaired) electrons. The number of hydrogen-bond donors (Lipinski definition) is 3. The topological polar surface area (TPSA) is 128 Å². The molecule has 1 fully saturated rings. The Kier molecular flexibility index (Phi) is 9.00. The number of halogens is 4. The van der Waals surface area contributed by atoms with E-state index in [-0.39, 0.29) is 30.9 Å². The summed E-state index contributed by atoms with van der Waals surface area (Å²) in [6, 6.07) is 5.90. The number of nitrogens with zero attached hydrogens (tertiary/aromatic N) is 2. The lowest BCUT2D eigenvalue weighted by molar-refractivity contribution is -0.187. The van der Waals surface area contributed by atoms with E-state index < -0.39 is 66.7 Å². The zero-order valence-corrected chi connectivity index (χ0v) is 23.7. The molecule has 43 heavy (non-hydrogen) atoms. The lowest BCUT2D eigenvalue weighted by Gasteiger charge is -2.31. The average molecular weight is 609 g/mol. The molecule has 1 aliphatic carbocycles. The number of alkyl halides is 3. The first-order valence-corrected chi connectivity index (χ1v) is 13.6. The van der Waals surface area contributed by atoms with Crippen LogP contribution >= 0.6 is 0 Å². The molecule has 232 valence electrons. The van der Waals surface area contributed by atoms with Gasteiger partial charge in [-0.25, -0.2) is 18.9 Å². The van der Waals surface area contributed by atoms with Gasteiger partial charge in [-0.1, -0.05) is 32.0 Å². The predicted molar refractivity (Wildman–Crippen MR) is 145 cm³/mol. The number of carbonyl (C=O) groups excluding carboxylic acids is 4. The molecule has 1 aliphatic heterocycles. The maximum Gasteiger partial charge on any atom is 0.418 e. The average Bonchev–Trinajstić information content (AvgIpc) is 3.41. The summed E-state index contributed by atoms with van der Waals surface area (Å²) < 4.78 is 59.8. The highest BCUT2D eigenvalue weighted by Gasteiger charge is 2.58. The lowest BCUT2D eigenvalue weighted by atomic mass is 9.94. The summed E-state index contributed by atoms with van der Waals surface area (Å²) >= 11 is 0. The van der Waals surface area contributed by atoms with Gasteiger partial charge in [-0.3, -0.25) is 9.59 Å². The molecule has 0 saturated carbocycles. The van der Waals surface area contributed by atoms with Crippen LogP contribution in [0.4, 0.5) is 32.8 Å². The summed E-state index contributed by atoms with van der Waals surface area (Å²) in [4.78, 5) is 52.9. The summed E-state index contributed by atoms with van der Waals surface area (Å²) in [5.74, 6) is -2.65. The third-order valence-corrected chi connectivity index (χ3v) is 7.76. The minimum atomic E-state index is -4.81. The number of fused-ring (bicyclic) bond motifs is 2. The summed E-state index contributed by atoms with van der Waals surface area (Å²) in [7, 11) is 0. The zero-order chi connectivity index (χ0) is 31.7. The molecule has 1 saturated heterocycles. The van der Waals surface area contributed by atoms with Crippen LogP contribution in [0.15, 0.2) is 42.5 Å². The van der Waals surface area contributed by atoms with Crippen molar-refractivity contribution in [1.82, 2.24) is 15.1 Å². The van der Waals surface area contributed by atoms with Gasteiger partial charge in [-0.2, -0.15) is 13.2 Å². The van der Waals surface area contributed by atoms with Crippen LogP contribution < -0.4 is 10.6 Å². The highest BCUT2D eigenvalue weighted by Crippen LogP contribution is 2.46. The molecular weight excluding hydrogens is 576 g/mol. The Morgan fingerprint density at radius 1 is 1.12 bits per heavy atom. The number of aliphatic hydroxyl groups is 1. The minimum absolute atomic E-state index is 0.0137. The molecule has 0 aromatic heterocycles. The third kappa shape index (κ3) is 6.58. The first-order valence-electron chi connectivity index (χ1n) is 13.6. The number of rotatable bonds is 9. The van der Waals surface area contributed by atoms with Crippen LogP contribution in [-0.2, 0) is 32.9 Å². The fraction of sp³-hybridized carbons (Fsp3) is 0.448. The standard InChI is InChI=1S/C29H32F4N4O6/c1-16(2)23(15-38)35-26(41)34-21-8-9-22-19(12-21)10-11-28(22)25(40)37(27(42)43-28)14-24(39)36(17(3)29(31,32)33)13-18-4-6-20(30)7-5-18/h4-9,12,16-17,23,38H,10-11,13-15H2,1-3H3,(H2,34,35,41)/t17-,23-,28+/m0/s1. The van der Waals surface area contributed by atoms with Gasteiger partial charge in [0.05, 0.1) is 12.6 Å². The lowest BCUT2D eigenvalue weighted by Crippen LogP contribution is -2.51. The van der Waals surface area contributed by atoms with Crippen LogP contribution in [0.3, 0.4) is 0 Å². The quantitative estimate of drug-likeness (QED) is 0.369. The number of carbonyl (C=O) groups is 4. The molecule has 3 atom stereocenters. The van der Waals surface area contributed by atoms with Gasteiger partial charge in [0, 0.05) is 24.2 Å². The highest BCUT2D eigenvalue weighted by molar-refractivity contribution is 6.06. The SMILES string of the molecule is CC(C)[C@H](CO)NC(=O)Nc1ccc2c(c1)CC[C@@]21OC(=O)N(CC(=O)N(Cc2ccc(F)cc2)[C@@H](C)C(F)(F)F)C1=O. The summed E-state index contributed by atoms with van der Waals surface area (Å²) in [6.45, 7) is 2.68. The van der Waals surface area contributed by atoms with E-state index in [4.69, 9.17) is 4.74 Å². The number of hydrogen-bond acceptors (Lipinski definition) is 6. The summed E-state index contributed by atoms with van der Waals surface area (Å²) in [5.41, 5.74) is -0.219. The smallest absolute Gasteiger partial charge is 0.418 e. The molecule has 3 N–H and O–H groups in total. The van der Waals surface area contributed by atoms with Crippen molar-refractivity contribution in [3.8, 4) is 0 Å². The Balaban J connectivity index is 1.51. The Bertz CT molecular complexity index is 1400. The van der Waals surface area contributed by atoms with Crippen molar-refractivity contribution >= 4 is 29.6 Å². The van der Waals surface area contributed by atoms with Crippen LogP contribution in [0.5, 0.6) is 0 Å². The fourth-order valence-electron chi connectivity index (χ4n) is 5.12. The van der Waals surface area contributed by atoms with Crippen LogP contribution in [0, 0.1) is 11.7 Å². The number of nitrogens with one attached hydrogen (secondary N) is 2. The van der Waals surface area contributed by atoms with E-state index in [1.807, 2.05) is 13.8 Å². The molecule has 2 aliphatic rings. The van der Waals surface area contributed by atoms with E-state index in [2.05, 4.69) is 10.6 Å². The van der Waals surface area contributed by atoms with Gasteiger partial charge in [0.2, 0.25) is 11.5 Å². The van der Waals surface area contributed by atoms with Gasteiger partial charge >= 0.3 is 18.3 Å². The maximum atomic E-state index is 13.7. The molecule has 10 nitrogen and oxygen atoms in total. The van der Waals surface area contributed by atoms with Gasteiger partial charge in [0.25, 0.3) is 5.91 Å². The predicted octanol–water partition coefficient (Wildman–Crippen LogP) is 4.06. The molecule has 14 heteroatoms. The van der Waals surface area contributed by atoms with E-state index in [0.29, 0.717) is 26.6 Å². The molecule has 2 aromatic rings. The second-order valence-corrected chi connectivity index (χ2v) is 11.0. The molecular formula is C29H32F4N4O6. The van der Waals surface area contributed by atoms with E-state index in [1.165, 1.54) is 24.3 Å². The number of ether oxygens (including phenoxy) is 1. The molecule has 2 aromatic carbocycles. The normalized spacial score (nSPS) is 19.3. The molecule has 4 rings (SSSR count). The van der Waals surface area contributed by atoms with E-state index in [0.717, 1.165) is 19.1 Å². The zero-order valence-electron chi connectivity index (χ0n) is 23.7. The third-order valence-electron chi connectivity index (χ3n) is 7.76. The van der Waals surface area contributed by atoms with Crippen molar-refractivity contribution < 1.29 is 46.6 Å². The Morgan fingerprint density at radius 2 is 1.79 bits per heavy atom. The van der Waals surface area contributed by atoms with E-state index >= 15 is 0 Å². The van der Waals surface area contributed by atoms with Gasteiger partial charge in [-0.15, -0.1) is 0 Å². The molecule has 0 bridgehead atoms. The van der Waals surface area contributed by atoms with Crippen LogP contribution in [0.1, 0.15) is 43.9 Å². The Hall–Kier alpha value is -4.20. The number of urea groups is 1. The van der Waals surface area contributed by atoms with Crippen LogP contribution in [-0.4, -0.2) is 70.3 Å². The molecule has 1 heterocycles.